The van der Waals surface area contributed by atoms with Crippen molar-refractivity contribution < 1.29 is 4.79 Å². The molecule has 2 fully saturated rings. The van der Waals surface area contributed by atoms with Gasteiger partial charge in [0, 0.05) is 45.2 Å². The molecule has 5 heteroatoms. The molecule has 3 rings (SSSR count). The number of hydrogen-bond acceptors (Lipinski definition) is 3. The quantitative estimate of drug-likeness (QED) is 0.911. The lowest BCUT2D eigenvalue weighted by molar-refractivity contribution is -0.133. The maximum absolute atomic E-state index is 12.4. The Labute approximate surface area is 145 Å². The summed E-state index contributed by atoms with van der Waals surface area (Å²) in [6.45, 7) is 8.22. The molecular formula is C18H28ClN3O. The fourth-order valence-corrected chi connectivity index (χ4v) is 3.58. The number of piperazine rings is 1. The van der Waals surface area contributed by atoms with Gasteiger partial charge in [-0.3, -0.25) is 9.69 Å². The Hall–Kier alpha value is -1.10. The SMILES string of the molecule is Cc1ccccc1CCC(=O)N1CCN(C2CCNC2)CC1.Cl. The van der Waals surface area contributed by atoms with Crippen LogP contribution in [0.4, 0.5) is 0 Å². The van der Waals surface area contributed by atoms with Gasteiger partial charge >= 0.3 is 0 Å². The van der Waals surface area contributed by atoms with Crippen LogP contribution in [-0.4, -0.2) is 61.0 Å². The zero-order valence-electron chi connectivity index (χ0n) is 14.0. The van der Waals surface area contributed by atoms with Crippen molar-refractivity contribution in [1.29, 1.82) is 0 Å². The lowest BCUT2D eigenvalue weighted by Gasteiger charge is -2.37. The van der Waals surface area contributed by atoms with Crippen molar-refractivity contribution in [3.63, 3.8) is 0 Å². The van der Waals surface area contributed by atoms with E-state index in [9.17, 15) is 4.79 Å². The van der Waals surface area contributed by atoms with E-state index >= 15 is 0 Å². The summed E-state index contributed by atoms with van der Waals surface area (Å²) in [4.78, 5) is 17.0. The third-order valence-electron chi connectivity index (χ3n) is 5.09. The van der Waals surface area contributed by atoms with Crippen molar-refractivity contribution in [1.82, 2.24) is 15.1 Å². The van der Waals surface area contributed by atoms with Gasteiger partial charge in [0.15, 0.2) is 0 Å². The largest absolute Gasteiger partial charge is 0.340 e. The fraction of sp³-hybridized carbons (Fsp3) is 0.611. The Kier molecular flexibility index (Phi) is 6.88. The number of aryl methyl sites for hydroxylation is 2. The topological polar surface area (TPSA) is 35.6 Å². The predicted molar refractivity (Wildman–Crippen MR) is 96.2 cm³/mol. The highest BCUT2D eigenvalue weighted by molar-refractivity contribution is 5.85. The van der Waals surface area contributed by atoms with Crippen LogP contribution in [0.25, 0.3) is 0 Å². The Morgan fingerprint density at radius 2 is 1.96 bits per heavy atom. The normalized spacial score (nSPS) is 22.0. The average Bonchev–Trinajstić information content (AvgIpc) is 3.08. The third kappa shape index (κ3) is 4.69. The molecule has 1 aromatic rings. The van der Waals surface area contributed by atoms with Crippen molar-refractivity contribution in [2.24, 2.45) is 0 Å². The Morgan fingerprint density at radius 3 is 2.61 bits per heavy atom. The first kappa shape index (κ1) is 18.2. The number of amides is 1. The van der Waals surface area contributed by atoms with Crippen LogP contribution >= 0.6 is 12.4 Å². The monoisotopic (exact) mass is 337 g/mol. The molecule has 0 aliphatic carbocycles. The minimum Gasteiger partial charge on any atom is -0.340 e. The average molecular weight is 338 g/mol. The van der Waals surface area contributed by atoms with Gasteiger partial charge in [-0.1, -0.05) is 24.3 Å². The van der Waals surface area contributed by atoms with E-state index in [1.807, 2.05) is 0 Å². The van der Waals surface area contributed by atoms with Crippen molar-refractivity contribution in [2.75, 3.05) is 39.3 Å². The highest BCUT2D eigenvalue weighted by atomic mass is 35.5. The smallest absolute Gasteiger partial charge is 0.222 e. The fourth-order valence-electron chi connectivity index (χ4n) is 3.58. The summed E-state index contributed by atoms with van der Waals surface area (Å²) >= 11 is 0. The van der Waals surface area contributed by atoms with Crippen LogP contribution in [0, 0.1) is 6.92 Å². The first-order valence-electron chi connectivity index (χ1n) is 8.51. The van der Waals surface area contributed by atoms with Gasteiger partial charge in [-0.2, -0.15) is 0 Å². The number of carbonyl (C=O) groups is 1. The molecule has 1 atom stereocenters. The molecule has 128 valence electrons. The Bertz CT molecular complexity index is 509. The number of halogens is 1. The maximum atomic E-state index is 12.4. The lowest BCUT2D eigenvalue weighted by Crippen LogP contribution is -2.52. The molecule has 0 saturated carbocycles. The van der Waals surface area contributed by atoms with Gasteiger partial charge in [-0.15, -0.1) is 12.4 Å². The number of benzene rings is 1. The van der Waals surface area contributed by atoms with Gasteiger partial charge in [0.25, 0.3) is 0 Å². The summed E-state index contributed by atoms with van der Waals surface area (Å²) in [6, 6.07) is 9.05. The molecule has 4 nitrogen and oxygen atoms in total. The minimum absolute atomic E-state index is 0. The van der Waals surface area contributed by atoms with Crippen molar-refractivity contribution in [3.8, 4) is 0 Å². The molecule has 1 amide bonds. The van der Waals surface area contributed by atoms with Crippen molar-refractivity contribution in [2.45, 2.75) is 32.2 Å². The van der Waals surface area contributed by atoms with Crippen molar-refractivity contribution in [3.05, 3.63) is 35.4 Å². The van der Waals surface area contributed by atoms with Crippen LogP contribution in [0.5, 0.6) is 0 Å². The lowest BCUT2D eigenvalue weighted by atomic mass is 10.0. The Morgan fingerprint density at radius 1 is 1.22 bits per heavy atom. The van der Waals surface area contributed by atoms with Crippen LogP contribution in [-0.2, 0) is 11.2 Å². The van der Waals surface area contributed by atoms with Gasteiger partial charge in [0.2, 0.25) is 5.91 Å². The number of carbonyl (C=O) groups excluding carboxylic acids is 1. The number of hydrogen-bond donors (Lipinski definition) is 1. The standard InChI is InChI=1S/C18H27N3O.ClH/c1-15-4-2-3-5-16(15)6-7-18(22)21-12-10-20(11-13-21)17-8-9-19-14-17;/h2-5,17,19H,6-14H2,1H3;1H. The molecule has 1 N–H and O–H groups in total. The highest BCUT2D eigenvalue weighted by Gasteiger charge is 2.27. The molecule has 0 bridgehead atoms. The van der Waals surface area contributed by atoms with Gasteiger partial charge in [-0.25, -0.2) is 0 Å². The summed E-state index contributed by atoms with van der Waals surface area (Å²) in [5, 5.41) is 3.43. The van der Waals surface area contributed by atoms with Gasteiger partial charge in [-0.05, 0) is 37.4 Å². The van der Waals surface area contributed by atoms with E-state index in [1.54, 1.807) is 0 Å². The number of nitrogens with zero attached hydrogens (tertiary/aromatic N) is 2. The zero-order chi connectivity index (χ0) is 15.4. The first-order chi connectivity index (χ1) is 10.7. The summed E-state index contributed by atoms with van der Waals surface area (Å²) in [7, 11) is 0. The third-order valence-corrected chi connectivity index (χ3v) is 5.09. The second kappa shape index (κ2) is 8.67. The molecule has 2 aliphatic heterocycles. The highest BCUT2D eigenvalue weighted by Crippen LogP contribution is 2.14. The summed E-state index contributed by atoms with van der Waals surface area (Å²) < 4.78 is 0. The van der Waals surface area contributed by atoms with Crippen LogP contribution in [0.2, 0.25) is 0 Å². The minimum atomic E-state index is 0. The van der Waals surface area contributed by atoms with Gasteiger partial charge in [0.1, 0.15) is 0 Å². The molecule has 1 aromatic carbocycles. The van der Waals surface area contributed by atoms with E-state index in [2.05, 4.69) is 46.3 Å². The second-order valence-electron chi connectivity index (χ2n) is 6.49. The van der Waals surface area contributed by atoms with Gasteiger partial charge in [0.05, 0.1) is 0 Å². The van der Waals surface area contributed by atoms with E-state index < -0.39 is 0 Å². The number of nitrogens with one attached hydrogen (secondary N) is 1. The van der Waals surface area contributed by atoms with E-state index in [0.717, 1.165) is 45.7 Å². The Balaban J connectivity index is 0.00000192. The molecular weight excluding hydrogens is 310 g/mol. The zero-order valence-corrected chi connectivity index (χ0v) is 14.8. The summed E-state index contributed by atoms with van der Waals surface area (Å²) in [5.41, 5.74) is 2.58. The number of rotatable bonds is 4. The molecule has 1 unspecified atom stereocenters. The predicted octanol–water partition coefficient (Wildman–Crippen LogP) is 1.86. The molecule has 0 aromatic heterocycles. The second-order valence-corrected chi connectivity index (χ2v) is 6.49. The van der Waals surface area contributed by atoms with Crippen molar-refractivity contribution >= 4 is 18.3 Å². The van der Waals surface area contributed by atoms with Crippen LogP contribution in [0.3, 0.4) is 0 Å². The van der Waals surface area contributed by atoms with Crippen LogP contribution in [0.1, 0.15) is 24.0 Å². The molecule has 23 heavy (non-hydrogen) atoms. The van der Waals surface area contributed by atoms with E-state index in [4.69, 9.17) is 0 Å². The molecule has 0 spiro atoms. The first-order valence-corrected chi connectivity index (χ1v) is 8.51. The maximum Gasteiger partial charge on any atom is 0.222 e. The van der Waals surface area contributed by atoms with E-state index in [1.165, 1.54) is 17.5 Å². The van der Waals surface area contributed by atoms with Crippen LogP contribution < -0.4 is 5.32 Å². The summed E-state index contributed by atoms with van der Waals surface area (Å²) in [5.74, 6) is 0.312. The molecule has 2 heterocycles. The van der Waals surface area contributed by atoms with Gasteiger partial charge < -0.3 is 10.2 Å². The van der Waals surface area contributed by atoms with E-state index in [-0.39, 0.29) is 12.4 Å². The van der Waals surface area contributed by atoms with Crippen LogP contribution in [0.15, 0.2) is 24.3 Å². The molecule has 0 radical (unpaired) electrons. The molecule has 2 saturated heterocycles. The molecule has 2 aliphatic rings. The summed E-state index contributed by atoms with van der Waals surface area (Å²) in [6.07, 6.45) is 2.75. The van der Waals surface area contributed by atoms with E-state index in [0.29, 0.717) is 18.4 Å².